The molecule has 0 saturated carbocycles. The molecule has 0 saturated heterocycles. The van der Waals surface area contributed by atoms with Crippen molar-refractivity contribution in [1.29, 1.82) is 0 Å². The van der Waals surface area contributed by atoms with Crippen LogP contribution >= 0.6 is 0 Å². The van der Waals surface area contributed by atoms with Crippen LogP contribution in [0.15, 0.2) is 140 Å². The van der Waals surface area contributed by atoms with E-state index in [1.54, 1.807) is 0 Å². The molecule has 3 aromatic carbocycles. The number of nitrogens with zero attached hydrogens (tertiary/aromatic N) is 7. The average molecular weight is 920 g/mol. The van der Waals surface area contributed by atoms with Gasteiger partial charge in [-0.2, -0.15) is 0 Å². The van der Waals surface area contributed by atoms with E-state index in [2.05, 4.69) is 178 Å². The highest BCUT2D eigenvalue weighted by atomic mass is 15.3. The molecule has 0 aliphatic carbocycles. The Morgan fingerprint density at radius 1 is 0.290 bits per heavy atom. The maximum atomic E-state index is 5.82. The molecule has 7 rings (SSSR count). The highest BCUT2D eigenvalue weighted by Crippen LogP contribution is 2.44. The zero-order chi connectivity index (χ0) is 48.2. The van der Waals surface area contributed by atoms with Crippen molar-refractivity contribution in [3.05, 3.63) is 173 Å². The lowest BCUT2D eigenvalue weighted by Crippen LogP contribution is -2.20. The molecule has 360 valence electrons. The van der Waals surface area contributed by atoms with Gasteiger partial charge >= 0.3 is 0 Å². The number of hydrogen-bond acceptors (Lipinski definition) is 7. The molecule has 69 heavy (non-hydrogen) atoms. The van der Waals surface area contributed by atoms with Crippen molar-refractivity contribution in [3.8, 4) is 0 Å². The Bertz CT molecular complexity index is 2200. The zero-order valence-corrected chi connectivity index (χ0v) is 42.6. The van der Waals surface area contributed by atoms with Crippen LogP contribution in [0.25, 0.3) is 0 Å². The minimum Gasteiger partial charge on any atom is -0.295 e. The fourth-order valence-corrected chi connectivity index (χ4v) is 9.08. The molecule has 0 spiro atoms. The minimum atomic E-state index is 0.763. The summed E-state index contributed by atoms with van der Waals surface area (Å²) in [5, 5.41) is 0. The standard InChI is InChI=1S/C62H77N7/c1-7-13-22-48-28-19-31-54(40-48)67(58-43-51(25-16-10-4)34-37-63-58)57-46-61(68(55-32-20-29-49(41-55)23-14-8-2)59-44-52(26-17-11-5)35-38-64-59)66-62(47-57)69(56-33-21-30-50(42-56)24-15-9-3)60-45-53(27-18-12-6)36-39-65-60/h19-21,28-47H,7-18,22-27H2,1-6H3. The Morgan fingerprint density at radius 3 is 0.899 bits per heavy atom. The second-order valence-electron chi connectivity index (χ2n) is 18.7. The zero-order valence-electron chi connectivity index (χ0n) is 42.6. The molecule has 0 N–H and O–H groups in total. The van der Waals surface area contributed by atoms with Gasteiger partial charge in [0.25, 0.3) is 0 Å². The molecule has 4 aromatic heterocycles. The van der Waals surface area contributed by atoms with Gasteiger partial charge in [-0.3, -0.25) is 14.7 Å². The fourth-order valence-electron chi connectivity index (χ4n) is 9.08. The molecule has 0 bridgehead atoms. The van der Waals surface area contributed by atoms with E-state index in [0.29, 0.717) is 0 Å². The van der Waals surface area contributed by atoms with Crippen molar-refractivity contribution < 1.29 is 0 Å². The van der Waals surface area contributed by atoms with Crippen LogP contribution in [-0.4, -0.2) is 19.9 Å². The fraction of sp³-hybridized carbons (Fsp3) is 0.387. The smallest absolute Gasteiger partial charge is 0.143 e. The lowest BCUT2D eigenvalue weighted by atomic mass is 10.1. The van der Waals surface area contributed by atoms with Gasteiger partial charge in [0, 0.05) is 47.8 Å². The molecule has 0 atom stereocenters. The number of aryl methyl sites for hydroxylation is 6. The molecular formula is C62H77N7. The van der Waals surface area contributed by atoms with E-state index in [9.17, 15) is 0 Å². The highest BCUT2D eigenvalue weighted by Gasteiger charge is 2.26. The van der Waals surface area contributed by atoms with Crippen LogP contribution in [0.5, 0.6) is 0 Å². The minimum absolute atomic E-state index is 0.763. The van der Waals surface area contributed by atoms with E-state index in [0.717, 1.165) is 167 Å². The second-order valence-corrected chi connectivity index (χ2v) is 18.7. The van der Waals surface area contributed by atoms with Crippen LogP contribution in [0.1, 0.15) is 152 Å². The van der Waals surface area contributed by atoms with Crippen molar-refractivity contribution in [2.75, 3.05) is 14.7 Å². The molecule has 4 heterocycles. The van der Waals surface area contributed by atoms with Crippen molar-refractivity contribution in [2.45, 2.75) is 157 Å². The summed E-state index contributed by atoms with van der Waals surface area (Å²) in [5.74, 6) is 4.08. The Balaban J connectivity index is 1.57. The van der Waals surface area contributed by atoms with E-state index in [4.69, 9.17) is 19.9 Å². The predicted molar refractivity (Wildman–Crippen MR) is 293 cm³/mol. The van der Waals surface area contributed by atoms with Gasteiger partial charge in [0.1, 0.15) is 29.1 Å². The lowest BCUT2D eigenvalue weighted by molar-refractivity contribution is 0.793. The topological polar surface area (TPSA) is 61.3 Å². The average Bonchev–Trinajstić information content (AvgIpc) is 3.38. The number of hydrogen-bond donors (Lipinski definition) is 0. The van der Waals surface area contributed by atoms with Gasteiger partial charge in [0.05, 0.1) is 5.69 Å². The van der Waals surface area contributed by atoms with E-state index in [-0.39, 0.29) is 0 Å². The first kappa shape index (κ1) is 50.5. The van der Waals surface area contributed by atoms with E-state index in [1.807, 2.05) is 18.6 Å². The van der Waals surface area contributed by atoms with Crippen LogP contribution in [0.4, 0.5) is 51.8 Å². The normalized spacial score (nSPS) is 11.2. The van der Waals surface area contributed by atoms with Gasteiger partial charge in [-0.05, 0) is 183 Å². The molecular weight excluding hydrogens is 843 g/mol. The maximum Gasteiger partial charge on any atom is 0.143 e. The summed E-state index contributed by atoms with van der Waals surface area (Å²) in [7, 11) is 0. The Kier molecular flexibility index (Phi) is 19.4. The van der Waals surface area contributed by atoms with Crippen LogP contribution in [-0.2, 0) is 38.5 Å². The van der Waals surface area contributed by atoms with Crippen LogP contribution < -0.4 is 14.7 Å². The number of anilines is 9. The summed E-state index contributed by atoms with van der Waals surface area (Å²) in [4.78, 5) is 28.2. The molecule has 0 unspecified atom stereocenters. The number of rotatable bonds is 27. The van der Waals surface area contributed by atoms with E-state index in [1.165, 1.54) is 33.4 Å². The summed E-state index contributed by atoms with van der Waals surface area (Å²) >= 11 is 0. The molecule has 7 nitrogen and oxygen atoms in total. The monoisotopic (exact) mass is 920 g/mol. The molecule has 0 radical (unpaired) electrons. The maximum absolute atomic E-state index is 5.82. The highest BCUT2D eigenvalue weighted by molar-refractivity contribution is 5.85. The van der Waals surface area contributed by atoms with Crippen molar-refractivity contribution in [1.82, 2.24) is 19.9 Å². The SMILES string of the molecule is CCCCc1cccc(N(c2cc(N(c3cccc(CCCC)c3)c3cc(CCCC)ccn3)nc(N(c3cccc(CCCC)c3)c3cc(CCCC)ccn3)c2)c2cc(CCCC)ccn2)c1. The molecule has 7 heteroatoms. The van der Waals surface area contributed by atoms with Gasteiger partial charge in [-0.25, -0.2) is 19.9 Å². The van der Waals surface area contributed by atoms with E-state index >= 15 is 0 Å². The van der Waals surface area contributed by atoms with E-state index < -0.39 is 0 Å². The first-order valence-electron chi connectivity index (χ1n) is 26.5. The van der Waals surface area contributed by atoms with Gasteiger partial charge in [-0.15, -0.1) is 0 Å². The summed E-state index contributed by atoms with van der Waals surface area (Å²) in [6.45, 7) is 13.6. The number of pyridine rings is 4. The van der Waals surface area contributed by atoms with Crippen molar-refractivity contribution in [3.63, 3.8) is 0 Å². The van der Waals surface area contributed by atoms with Gasteiger partial charge in [0.15, 0.2) is 0 Å². The number of unbranched alkanes of at least 4 members (excludes halogenated alkanes) is 6. The number of aromatic nitrogens is 4. The molecule has 0 aliphatic heterocycles. The van der Waals surface area contributed by atoms with Crippen LogP contribution in [0, 0.1) is 0 Å². The molecule has 0 amide bonds. The lowest BCUT2D eigenvalue weighted by Gasteiger charge is -2.31. The van der Waals surface area contributed by atoms with Gasteiger partial charge in [-0.1, -0.05) is 116 Å². The van der Waals surface area contributed by atoms with Gasteiger partial charge in [0.2, 0.25) is 0 Å². The van der Waals surface area contributed by atoms with Crippen molar-refractivity contribution in [2.24, 2.45) is 0 Å². The quantitative estimate of drug-likeness (QED) is 0.0509. The summed E-state index contributed by atoms with van der Waals surface area (Å²) in [6, 6.07) is 44.9. The van der Waals surface area contributed by atoms with Crippen molar-refractivity contribution >= 4 is 51.8 Å². The van der Waals surface area contributed by atoms with Crippen LogP contribution in [0.2, 0.25) is 0 Å². The number of benzene rings is 3. The third-order valence-corrected chi connectivity index (χ3v) is 13.0. The summed E-state index contributed by atoms with van der Waals surface area (Å²) < 4.78 is 0. The second kappa shape index (κ2) is 26.4. The molecule has 7 aromatic rings. The third kappa shape index (κ3) is 13.9. The summed E-state index contributed by atoms with van der Waals surface area (Å²) in [6.07, 6.45) is 25.4. The Labute approximate surface area is 415 Å². The van der Waals surface area contributed by atoms with Crippen LogP contribution in [0.3, 0.4) is 0 Å². The summed E-state index contributed by atoms with van der Waals surface area (Å²) in [5.41, 5.74) is 11.8. The third-order valence-electron chi connectivity index (χ3n) is 13.0. The Morgan fingerprint density at radius 2 is 0.580 bits per heavy atom. The molecule has 0 aliphatic rings. The van der Waals surface area contributed by atoms with Gasteiger partial charge < -0.3 is 0 Å². The predicted octanol–water partition coefficient (Wildman–Crippen LogP) is 17.7. The first-order chi connectivity index (χ1) is 33.9. The largest absolute Gasteiger partial charge is 0.295 e. The molecule has 0 fully saturated rings. The first-order valence-corrected chi connectivity index (χ1v) is 26.5. The Hall–Kier alpha value is -6.34.